The van der Waals surface area contributed by atoms with Crippen LogP contribution in [0.5, 0.6) is 0 Å². The fourth-order valence-electron chi connectivity index (χ4n) is 3.50. The van der Waals surface area contributed by atoms with E-state index >= 15 is 0 Å². The fourth-order valence-corrected chi connectivity index (χ4v) is 4.49. The molecule has 0 atom stereocenters. The molecule has 1 aromatic carbocycles. The Morgan fingerprint density at radius 1 is 1.21 bits per heavy atom. The molecule has 0 fully saturated rings. The van der Waals surface area contributed by atoms with Crippen molar-refractivity contribution in [1.82, 2.24) is 9.47 Å². The first kappa shape index (κ1) is 18.8. The Balaban J connectivity index is 1.81. The molecule has 0 unspecified atom stereocenters. The average Bonchev–Trinajstić information content (AvgIpc) is 3.13. The summed E-state index contributed by atoms with van der Waals surface area (Å²) < 4.78 is 2.12. The van der Waals surface area contributed by atoms with Crippen molar-refractivity contribution in [2.75, 3.05) is 0 Å². The SMILES string of the molecule is CC1=CN2C(=N)/C(=C/c3cc(C)n(-c4cccc(Cl)c4C)c3C)C(=O)N=C2S1. The first-order valence-electron chi connectivity index (χ1n) is 8.81. The van der Waals surface area contributed by atoms with Crippen LogP contribution in [0.4, 0.5) is 0 Å². The van der Waals surface area contributed by atoms with E-state index in [0.717, 1.165) is 33.1 Å². The summed E-state index contributed by atoms with van der Waals surface area (Å²) in [6.07, 6.45) is 3.60. The summed E-state index contributed by atoms with van der Waals surface area (Å²) >= 11 is 7.71. The lowest BCUT2D eigenvalue weighted by Crippen LogP contribution is -2.35. The molecule has 2 aliphatic heterocycles. The third-order valence-electron chi connectivity index (χ3n) is 4.94. The van der Waals surface area contributed by atoms with Gasteiger partial charge in [-0.1, -0.05) is 29.4 Å². The third kappa shape index (κ3) is 2.93. The monoisotopic (exact) mass is 410 g/mol. The van der Waals surface area contributed by atoms with Crippen LogP contribution in [0.15, 0.2) is 45.9 Å². The van der Waals surface area contributed by atoms with Crippen molar-refractivity contribution in [2.45, 2.75) is 27.7 Å². The summed E-state index contributed by atoms with van der Waals surface area (Å²) in [6, 6.07) is 7.84. The highest BCUT2D eigenvalue weighted by Gasteiger charge is 2.33. The number of halogens is 1. The largest absolute Gasteiger partial charge is 0.318 e. The second-order valence-electron chi connectivity index (χ2n) is 6.86. The van der Waals surface area contributed by atoms with Crippen molar-refractivity contribution in [1.29, 1.82) is 5.41 Å². The minimum atomic E-state index is -0.379. The van der Waals surface area contributed by atoms with Gasteiger partial charge < -0.3 is 4.57 Å². The molecule has 1 N–H and O–H groups in total. The van der Waals surface area contributed by atoms with Crippen LogP contribution in [0.25, 0.3) is 11.8 Å². The summed E-state index contributed by atoms with van der Waals surface area (Å²) in [4.78, 5) is 19.4. The number of hydrogen-bond acceptors (Lipinski definition) is 3. The molecule has 142 valence electrons. The molecule has 4 rings (SSSR count). The van der Waals surface area contributed by atoms with Gasteiger partial charge in [-0.2, -0.15) is 4.99 Å². The number of fused-ring (bicyclic) bond motifs is 1. The zero-order chi connectivity index (χ0) is 20.2. The van der Waals surface area contributed by atoms with Gasteiger partial charge in [-0.05, 0) is 63.1 Å². The first-order valence-corrected chi connectivity index (χ1v) is 10.0. The number of allylic oxidation sites excluding steroid dienone is 1. The van der Waals surface area contributed by atoms with Crippen molar-refractivity contribution < 1.29 is 4.79 Å². The number of hydrogen-bond donors (Lipinski definition) is 1. The van der Waals surface area contributed by atoms with Gasteiger partial charge in [-0.25, -0.2) is 0 Å². The number of nitrogens with zero attached hydrogens (tertiary/aromatic N) is 3. The molecule has 0 radical (unpaired) electrons. The molecule has 3 heterocycles. The van der Waals surface area contributed by atoms with Crippen molar-refractivity contribution in [2.24, 2.45) is 4.99 Å². The molecule has 5 nitrogen and oxygen atoms in total. The van der Waals surface area contributed by atoms with Crippen molar-refractivity contribution in [3.63, 3.8) is 0 Å². The molecule has 1 amide bonds. The fraction of sp³-hybridized carbons (Fsp3) is 0.190. The maximum atomic E-state index is 12.5. The summed E-state index contributed by atoms with van der Waals surface area (Å²) in [5, 5.41) is 9.73. The van der Waals surface area contributed by atoms with Gasteiger partial charge in [0.2, 0.25) is 0 Å². The van der Waals surface area contributed by atoms with Gasteiger partial charge in [0.25, 0.3) is 5.91 Å². The van der Waals surface area contributed by atoms with E-state index in [-0.39, 0.29) is 11.7 Å². The highest BCUT2D eigenvalue weighted by molar-refractivity contribution is 8.17. The predicted molar refractivity (Wildman–Crippen MR) is 116 cm³/mol. The number of aromatic nitrogens is 1. The van der Waals surface area contributed by atoms with E-state index < -0.39 is 0 Å². The predicted octanol–water partition coefficient (Wildman–Crippen LogP) is 5.22. The van der Waals surface area contributed by atoms with Crippen LogP contribution in [-0.2, 0) is 4.79 Å². The van der Waals surface area contributed by atoms with Crippen molar-refractivity contribution >= 4 is 46.3 Å². The number of aryl methyl sites for hydroxylation is 1. The minimum absolute atomic E-state index is 0.156. The highest BCUT2D eigenvalue weighted by Crippen LogP contribution is 2.33. The molecule has 2 aliphatic rings. The molecule has 7 heteroatoms. The minimum Gasteiger partial charge on any atom is -0.318 e. The maximum Gasteiger partial charge on any atom is 0.283 e. The summed E-state index contributed by atoms with van der Waals surface area (Å²) in [7, 11) is 0. The molecule has 28 heavy (non-hydrogen) atoms. The van der Waals surface area contributed by atoms with E-state index in [1.807, 2.05) is 58.2 Å². The lowest BCUT2D eigenvalue weighted by atomic mass is 10.1. The quantitative estimate of drug-likeness (QED) is 0.690. The van der Waals surface area contributed by atoms with Gasteiger partial charge in [0.05, 0.1) is 5.57 Å². The normalized spacial score (nSPS) is 17.9. The Hall–Kier alpha value is -2.57. The lowest BCUT2D eigenvalue weighted by Gasteiger charge is -2.22. The topological polar surface area (TPSA) is 61.5 Å². The van der Waals surface area contributed by atoms with E-state index in [4.69, 9.17) is 17.0 Å². The Morgan fingerprint density at radius 2 is 1.96 bits per heavy atom. The second-order valence-corrected chi connectivity index (χ2v) is 8.48. The number of thioether (sulfide) groups is 1. The average molecular weight is 411 g/mol. The molecule has 0 bridgehead atoms. The molecule has 2 aromatic rings. The van der Waals surface area contributed by atoms with Crippen LogP contribution >= 0.6 is 23.4 Å². The number of carbonyl (C=O) groups excluding carboxylic acids is 1. The number of benzene rings is 1. The molecular weight excluding hydrogens is 392 g/mol. The Labute approximate surface area is 172 Å². The number of nitrogens with one attached hydrogen (secondary N) is 1. The van der Waals surface area contributed by atoms with Gasteiger partial charge in [-0.15, -0.1) is 0 Å². The van der Waals surface area contributed by atoms with Crippen LogP contribution in [0.3, 0.4) is 0 Å². The summed E-state index contributed by atoms with van der Waals surface area (Å²) in [6.45, 7) is 7.95. The number of amides is 1. The summed E-state index contributed by atoms with van der Waals surface area (Å²) in [5.41, 5.74) is 5.19. The van der Waals surface area contributed by atoms with Gasteiger partial charge in [0, 0.05) is 33.2 Å². The molecule has 0 aliphatic carbocycles. The molecule has 0 saturated carbocycles. The van der Waals surface area contributed by atoms with Crippen LogP contribution in [0, 0.1) is 26.2 Å². The highest BCUT2D eigenvalue weighted by atomic mass is 35.5. The van der Waals surface area contributed by atoms with Crippen LogP contribution in [0.2, 0.25) is 5.02 Å². The number of amidine groups is 2. The van der Waals surface area contributed by atoms with Gasteiger partial charge in [0.1, 0.15) is 5.84 Å². The van der Waals surface area contributed by atoms with E-state index in [9.17, 15) is 4.79 Å². The number of carbonyl (C=O) groups is 1. The third-order valence-corrected chi connectivity index (χ3v) is 6.25. The van der Waals surface area contributed by atoms with Gasteiger partial charge >= 0.3 is 0 Å². The van der Waals surface area contributed by atoms with Crippen LogP contribution in [-0.4, -0.2) is 26.4 Å². The Bertz CT molecular complexity index is 1140. The van der Waals surface area contributed by atoms with E-state index in [1.165, 1.54) is 11.8 Å². The van der Waals surface area contributed by atoms with E-state index in [0.29, 0.717) is 15.8 Å². The zero-order valence-electron chi connectivity index (χ0n) is 16.0. The van der Waals surface area contributed by atoms with E-state index in [1.54, 1.807) is 11.0 Å². The van der Waals surface area contributed by atoms with Crippen LogP contribution < -0.4 is 0 Å². The molecule has 0 spiro atoms. The molecule has 1 aromatic heterocycles. The van der Waals surface area contributed by atoms with Gasteiger partial charge in [0.15, 0.2) is 5.17 Å². The van der Waals surface area contributed by atoms with E-state index in [2.05, 4.69) is 9.56 Å². The Kier molecular flexibility index (Phi) is 4.56. The number of rotatable bonds is 2. The summed E-state index contributed by atoms with van der Waals surface area (Å²) in [5.74, 6) is -0.223. The van der Waals surface area contributed by atoms with Crippen molar-refractivity contribution in [3.05, 3.63) is 68.5 Å². The standard InChI is InChI=1S/C21H19ClN4OS/c1-11-8-15(14(4)26(11)18-7-5-6-17(22)13(18)3)9-16-19(23)25-10-12(2)28-21(25)24-20(16)27/h5-10,23H,1-4H3/b16-9-,23-19?. The van der Waals surface area contributed by atoms with Gasteiger partial charge in [-0.3, -0.25) is 15.1 Å². The number of aliphatic imine (C=N–C) groups is 1. The van der Waals surface area contributed by atoms with Crippen molar-refractivity contribution in [3.8, 4) is 5.69 Å². The second kappa shape index (κ2) is 6.79. The molecular formula is C21H19ClN4OS. The zero-order valence-corrected chi connectivity index (χ0v) is 17.6. The molecule has 0 saturated heterocycles. The maximum absolute atomic E-state index is 12.5. The lowest BCUT2D eigenvalue weighted by molar-refractivity contribution is -0.114. The smallest absolute Gasteiger partial charge is 0.283 e. The Morgan fingerprint density at radius 3 is 2.71 bits per heavy atom. The first-order chi connectivity index (χ1) is 13.3. The van der Waals surface area contributed by atoms with Crippen LogP contribution in [0.1, 0.15) is 29.4 Å².